The minimum Gasteiger partial charge on any atom is -0.465 e. The van der Waals surface area contributed by atoms with Crippen LogP contribution in [0.15, 0.2) is 5.38 Å². The van der Waals surface area contributed by atoms with Crippen molar-refractivity contribution >= 4 is 44.9 Å². The highest BCUT2D eigenvalue weighted by atomic mass is 32.2. The molecule has 9 nitrogen and oxygen atoms in total. The maximum atomic E-state index is 12.1. The van der Waals surface area contributed by atoms with Crippen LogP contribution in [0.3, 0.4) is 0 Å². The predicted molar refractivity (Wildman–Crippen MR) is 102 cm³/mol. The number of rotatable bonds is 10. The number of sulfonamides is 1. The van der Waals surface area contributed by atoms with Gasteiger partial charge in [0, 0.05) is 18.3 Å². The van der Waals surface area contributed by atoms with E-state index < -0.39 is 27.2 Å². The van der Waals surface area contributed by atoms with Crippen molar-refractivity contribution in [2.45, 2.75) is 38.4 Å². The molecule has 0 saturated carbocycles. The summed E-state index contributed by atoms with van der Waals surface area (Å²) in [4.78, 5) is 35.8. The lowest BCUT2D eigenvalue weighted by Gasteiger charge is -2.09. The monoisotopic (exact) mass is 420 g/mol. The Balaban J connectivity index is 2.61. The quantitative estimate of drug-likeness (QED) is 0.436. The molecule has 1 aromatic rings. The summed E-state index contributed by atoms with van der Waals surface area (Å²) in [6.45, 7) is 3.41. The molecule has 0 aliphatic carbocycles. The molecule has 1 heterocycles. The lowest BCUT2D eigenvalue weighted by atomic mass is 10.2. The second kappa shape index (κ2) is 10.4. The summed E-state index contributed by atoms with van der Waals surface area (Å²) in [6, 6.07) is 0. The SMILES string of the molecule is COC(=O)c1scc(NC(=O)CCCCNS(=O)(=O)C(C)C)c1C(=O)OC. The Kier molecular flexibility index (Phi) is 8.86. The van der Waals surface area contributed by atoms with Crippen molar-refractivity contribution in [3.63, 3.8) is 0 Å². The van der Waals surface area contributed by atoms with Gasteiger partial charge < -0.3 is 14.8 Å². The summed E-state index contributed by atoms with van der Waals surface area (Å²) in [7, 11) is -0.957. The number of ether oxygens (including phenoxy) is 2. The van der Waals surface area contributed by atoms with Crippen molar-refractivity contribution < 1.29 is 32.3 Å². The first-order valence-electron chi connectivity index (χ1n) is 8.20. The van der Waals surface area contributed by atoms with Gasteiger partial charge in [-0.05, 0) is 26.7 Å². The number of hydrogen-bond donors (Lipinski definition) is 2. The summed E-state index contributed by atoms with van der Waals surface area (Å²) in [5.41, 5.74) is 0.130. The van der Waals surface area contributed by atoms with Crippen molar-refractivity contribution in [2.24, 2.45) is 0 Å². The van der Waals surface area contributed by atoms with Gasteiger partial charge in [0.25, 0.3) is 0 Å². The number of unbranched alkanes of at least 4 members (excludes halogenated alkanes) is 1. The van der Waals surface area contributed by atoms with Crippen LogP contribution in [0, 0.1) is 0 Å². The molecule has 0 atom stereocenters. The van der Waals surface area contributed by atoms with Gasteiger partial charge in [0.05, 0.1) is 25.2 Å². The first kappa shape index (κ1) is 23.1. The fourth-order valence-electron chi connectivity index (χ4n) is 2.00. The molecular weight excluding hydrogens is 396 g/mol. The van der Waals surface area contributed by atoms with Crippen molar-refractivity contribution in [2.75, 3.05) is 26.1 Å². The van der Waals surface area contributed by atoms with Gasteiger partial charge in [-0.2, -0.15) is 0 Å². The number of anilines is 1. The lowest BCUT2D eigenvalue weighted by Crippen LogP contribution is -2.31. The van der Waals surface area contributed by atoms with E-state index in [0.717, 1.165) is 11.3 Å². The van der Waals surface area contributed by atoms with E-state index in [1.165, 1.54) is 19.6 Å². The van der Waals surface area contributed by atoms with Crippen molar-refractivity contribution in [1.29, 1.82) is 0 Å². The fraction of sp³-hybridized carbons (Fsp3) is 0.562. The third-order valence-corrected chi connectivity index (χ3v) is 6.39. The smallest absolute Gasteiger partial charge is 0.349 e. The highest BCUT2D eigenvalue weighted by Crippen LogP contribution is 2.29. The third kappa shape index (κ3) is 6.60. The van der Waals surface area contributed by atoms with E-state index in [1.807, 2.05) is 0 Å². The number of carbonyl (C=O) groups excluding carboxylic acids is 3. The molecule has 2 N–H and O–H groups in total. The molecule has 0 saturated heterocycles. The Morgan fingerprint density at radius 3 is 2.30 bits per heavy atom. The Morgan fingerprint density at radius 2 is 1.74 bits per heavy atom. The molecule has 0 bridgehead atoms. The maximum Gasteiger partial charge on any atom is 0.349 e. The van der Waals surface area contributed by atoms with E-state index in [-0.39, 0.29) is 35.0 Å². The van der Waals surface area contributed by atoms with Gasteiger partial charge in [-0.15, -0.1) is 11.3 Å². The molecule has 27 heavy (non-hydrogen) atoms. The molecule has 1 aromatic heterocycles. The zero-order valence-electron chi connectivity index (χ0n) is 15.7. The number of nitrogens with one attached hydrogen (secondary N) is 2. The van der Waals surface area contributed by atoms with Crippen LogP contribution in [0.2, 0.25) is 0 Å². The van der Waals surface area contributed by atoms with Crippen LogP contribution in [0.1, 0.15) is 53.1 Å². The van der Waals surface area contributed by atoms with Gasteiger partial charge >= 0.3 is 11.9 Å². The Bertz CT molecular complexity index is 785. The topological polar surface area (TPSA) is 128 Å². The second-order valence-corrected chi connectivity index (χ2v) is 9.03. The molecule has 0 spiro atoms. The number of methoxy groups -OCH3 is 2. The molecule has 0 fully saturated rings. The fourth-order valence-corrected chi connectivity index (χ4v) is 3.67. The van der Waals surface area contributed by atoms with Crippen LogP contribution in [-0.2, 0) is 24.3 Å². The van der Waals surface area contributed by atoms with Crippen molar-refractivity contribution in [1.82, 2.24) is 4.72 Å². The van der Waals surface area contributed by atoms with Gasteiger partial charge in [-0.3, -0.25) is 4.79 Å². The summed E-state index contributed by atoms with van der Waals surface area (Å²) >= 11 is 0.965. The average Bonchev–Trinajstić information content (AvgIpc) is 3.03. The van der Waals surface area contributed by atoms with Gasteiger partial charge in [0.15, 0.2) is 0 Å². The minimum atomic E-state index is -3.32. The summed E-state index contributed by atoms with van der Waals surface area (Å²) < 4.78 is 35.0. The van der Waals surface area contributed by atoms with Gasteiger partial charge in [-0.25, -0.2) is 22.7 Å². The van der Waals surface area contributed by atoms with Crippen LogP contribution in [0.4, 0.5) is 5.69 Å². The Labute approximate surface area is 162 Å². The summed E-state index contributed by atoms with van der Waals surface area (Å²) in [6.07, 6.45) is 1.07. The standard InChI is InChI=1S/C16H24N2O7S2/c1-10(2)27(22,23)17-8-6-5-7-12(19)18-11-9-26-14(16(21)25-4)13(11)15(20)24-3/h9-10,17H,5-8H2,1-4H3,(H,18,19). The number of hydrogen-bond acceptors (Lipinski definition) is 8. The largest absolute Gasteiger partial charge is 0.465 e. The molecule has 0 unspecified atom stereocenters. The third-order valence-electron chi connectivity index (χ3n) is 3.58. The molecule has 1 amide bonds. The van der Waals surface area contributed by atoms with Crippen LogP contribution in [0.25, 0.3) is 0 Å². The zero-order chi connectivity index (χ0) is 20.6. The van der Waals surface area contributed by atoms with Crippen LogP contribution in [0.5, 0.6) is 0 Å². The van der Waals surface area contributed by atoms with Crippen molar-refractivity contribution in [3.05, 3.63) is 15.8 Å². The maximum absolute atomic E-state index is 12.1. The molecule has 0 aliphatic rings. The minimum absolute atomic E-state index is 0.0442. The van der Waals surface area contributed by atoms with Gasteiger partial charge in [-0.1, -0.05) is 0 Å². The average molecular weight is 421 g/mol. The predicted octanol–water partition coefficient (Wildman–Crippen LogP) is 1.76. The Hall–Kier alpha value is -1.98. The Morgan fingerprint density at radius 1 is 1.11 bits per heavy atom. The number of amides is 1. The van der Waals surface area contributed by atoms with E-state index >= 15 is 0 Å². The number of esters is 2. The van der Waals surface area contributed by atoms with E-state index in [1.54, 1.807) is 13.8 Å². The number of carbonyl (C=O) groups is 3. The van der Waals surface area contributed by atoms with Crippen molar-refractivity contribution in [3.8, 4) is 0 Å². The van der Waals surface area contributed by atoms with Crippen LogP contribution < -0.4 is 10.0 Å². The highest BCUT2D eigenvalue weighted by molar-refractivity contribution is 7.90. The molecule has 11 heteroatoms. The van der Waals surface area contributed by atoms with E-state index in [2.05, 4.69) is 19.5 Å². The molecule has 0 radical (unpaired) electrons. The van der Waals surface area contributed by atoms with Gasteiger partial charge in [0.2, 0.25) is 15.9 Å². The molecule has 0 aliphatic heterocycles. The zero-order valence-corrected chi connectivity index (χ0v) is 17.3. The first-order chi connectivity index (χ1) is 12.6. The summed E-state index contributed by atoms with van der Waals surface area (Å²) in [5, 5.41) is 3.53. The van der Waals surface area contributed by atoms with E-state index in [4.69, 9.17) is 0 Å². The van der Waals surface area contributed by atoms with E-state index in [0.29, 0.717) is 12.8 Å². The molecule has 0 aromatic carbocycles. The molecule has 1 rings (SSSR count). The summed E-state index contributed by atoms with van der Waals surface area (Å²) in [5.74, 6) is -1.81. The molecule has 152 valence electrons. The lowest BCUT2D eigenvalue weighted by molar-refractivity contribution is -0.116. The highest BCUT2D eigenvalue weighted by Gasteiger charge is 2.26. The second-order valence-electron chi connectivity index (χ2n) is 5.83. The normalized spacial score (nSPS) is 11.3. The molecular formula is C16H24N2O7S2. The first-order valence-corrected chi connectivity index (χ1v) is 10.6. The number of thiophene rings is 1. The van der Waals surface area contributed by atoms with Gasteiger partial charge in [0.1, 0.15) is 10.4 Å². The van der Waals surface area contributed by atoms with Crippen LogP contribution in [-0.4, -0.2) is 52.3 Å². The van der Waals surface area contributed by atoms with Crippen LogP contribution >= 0.6 is 11.3 Å². The van der Waals surface area contributed by atoms with E-state index in [9.17, 15) is 22.8 Å².